The summed E-state index contributed by atoms with van der Waals surface area (Å²) in [5, 5.41) is 0. The molecule has 0 aliphatic rings. The monoisotopic (exact) mass is 680 g/mol. The molecule has 0 unspecified atom stereocenters. The number of aromatic nitrogens is 6. The number of rotatable bonds is 9. The number of hydrogen-bond donors (Lipinski definition) is 2. The Labute approximate surface area is 301 Å². The molecule has 10 nitrogen and oxygen atoms in total. The summed E-state index contributed by atoms with van der Waals surface area (Å²) in [6, 6.07) is 44.5. The average molecular weight is 681 g/mol. The minimum atomic E-state index is 0.355. The number of benzene rings is 4. The van der Waals surface area contributed by atoms with Gasteiger partial charge in [-0.3, -0.25) is 10.9 Å². The van der Waals surface area contributed by atoms with Crippen molar-refractivity contribution in [2.75, 3.05) is 48.8 Å². The predicted octanol–water partition coefficient (Wildman–Crippen LogP) is 8.60. The van der Waals surface area contributed by atoms with Gasteiger partial charge in [-0.25, -0.2) is 29.9 Å². The fourth-order valence-corrected chi connectivity index (χ4v) is 6.18. The van der Waals surface area contributed by atoms with Gasteiger partial charge in [0.25, 0.3) is 0 Å². The van der Waals surface area contributed by atoms with Gasteiger partial charge in [-0.15, -0.1) is 0 Å². The van der Waals surface area contributed by atoms with Crippen LogP contribution in [0.4, 0.5) is 23.3 Å². The molecule has 0 spiro atoms. The Morgan fingerprint density at radius 3 is 1.52 bits per heavy atom. The summed E-state index contributed by atoms with van der Waals surface area (Å²) >= 11 is 0. The van der Waals surface area contributed by atoms with Crippen molar-refractivity contribution in [2.45, 2.75) is 0 Å². The lowest BCUT2D eigenvalue weighted by Gasteiger charge is -2.17. The van der Waals surface area contributed by atoms with E-state index in [1.165, 1.54) is 0 Å². The van der Waals surface area contributed by atoms with Gasteiger partial charge in [0.2, 0.25) is 11.9 Å². The van der Waals surface area contributed by atoms with Gasteiger partial charge >= 0.3 is 0 Å². The van der Waals surface area contributed by atoms with Crippen molar-refractivity contribution in [3.05, 3.63) is 133 Å². The SMILES string of the molecule is CN(C)c1cccc(-c2ccc3nc(NNc4nc(-c5ccccc5)c5nc(-c6ccccc6N(C)C)ccc5n4)nc(-c4ccccc4)c3n2)c1. The molecule has 0 saturated carbocycles. The molecule has 0 aliphatic heterocycles. The van der Waals surface area contributed by atoms with Gasteiger partial charge in [0.1, 0.15) is 22.4 Å². The third kappa shape index (κ3) is 6.40. The molecule has 0 radical (unpaired) electrons. The summed E-state index contributed by atoms with van der Waals surface area (Å²) in [5.41, 5.74) is 18.3. The summed E-state index contributed by atoms with van der Waals surface area (Å²) in [7, 11) is 8.12. The zero-order valence-electron chi connectivity index (χ0n) is 29.3. The molecule has 10 heteroatoms. The van der Waals surface area contributed by atoms with Crippen molar-refractivity contribution in [1.82, 2.24) is 29.9 Å². The molecule has 0 bridgehead atoms. The number of nitrogens with zero attached hydrogens (tertiary/aromatic N) is 8. The molecule has 254 valence electrons. The van der Waals surface area contributed by atoms with Crippen molar-refractivity contribution in [3.63, 3.8) is 0 Å². The quantitative estimate of drug-likeness (QED) is 0.144. The largest absolute Gasteiger partial charge is 0.378 e. The van der Waals surface area contributed by atoms with Gasteiger partial charge in [0.05, 0.1) is 22.4 Å². The normalized spacial score (nSPS) is 11.1. The molecule has 4 heterocycles. The van der Waals surface area contributed by atoms with Crippen LogP contribution in [0.15, 0.2) is 133 Å². The van der Waals surface area contributed by atoms with Crippen molar-refractivity contribution in [2.24, 2.45) is 0 Å². The molecule has 0 atom stereocenters. The van der Waals surface area contributed by atoms with Crippen LogP contribution in [-0.2, 0) is 0 Å². The number of fused-ring (bicyclic) bond motifs is 2. The van der Waals surface area contributed by atoms with Gasteiger partial charge in [-0.2, -0.15) is 0 Å². The van der Waals surface area contributed by atoms with Gasteiger partial charge in [-0.05, 0) is 42.5 Å². The average Bonchev–Trinajstić information content (AvgIpc) is 3.19. The van der Waals surface area contributed by atoms with Crippen molar-refractivity contribution < 1.29 is 0 Å². The standard InChI is InChI=1S/C42H36N10/c1-51(2)30-19-13-18-29(26-30)32-22-24-34-39(43-32)37(27-14-7-5-8-15-27)47-41(45-34)49-50-42-46-35-25-23-33(31-20-11-12-21-36(31)52(3)4)44-40(35)38(48-42)28-16-9-6-10-17-28/h5-26H,1-4H3,(H,45,47,49)(H,46,48,50). The van der Waals surface area contributed by atoms with Crippen LogP contribution in [0.3, 0.4) is 0 Å². The van der Waals surface area contributed by atoms with Crippen LogP contribution in [0.2, 0.25) is 0 Å². The van der Waals surface area contributed by atoms with Crippen molar-refractivity contribution >= 4 is 45.3 Å². The zero-order chi connectivity index (χ0) is 35.6. The molecule has 4 aromatic heterocycles. The third-order valence-corrected chi connectivity index (χ3v) is 8.79. The second-order valence-electron chi connectivity index (χ2n) is 12.8. The summed E-state index contributed by atoms with van der Waals surface area (Å²) < 4.78 is 0. The number of nitrogens with one attached hydrogen (secondary N) is 2. The van der Waals surface area contributed by atoms with Crippen LogP contribution in [0.5, 0.6) is 0 Å². The molecule has 0 aliphatic carbocycles. The fraction of sp³-hybridized carbons (Fsp3) is 0.0952. The highest BCUT2D eigenvalue weighted by Gasteiger charge is 2.17. The second kappa shape index (κ2) is 13.8. The Morgan fingerprint density at radius 2 is 0.942 bits per heavy atom. The van der Waals surface area contributed by atoms with Crippen molar-refractivity contribution in [3.8, 4) is 45.0 Å². The van der Waals surface area contributed by atoms with E-state index in [9.17, 15) is 0 Å². The van der Waals surface area contributed by atoms with E-state index < -0.39 is 0 Å². The van der Waals surface area contributed by atoms with E-state index in [0.29, 0.717) is 45.4 Å². The Hall–Kier alpha value is -6.94. The molecule has 8 rings (SSSR count). The van der Waals surface area contributed by atoms with Crippen LogP contribution < -0.4 is 20.7 Å². The first-order valence-electron chi connectivity index (χ1n) is 17.0. The third-order valence-electron chi connectivity index (χ3n) is 8.79. The molecule has 4 aromatic carbocycles. The number of para-hydroxylation sites is 1. The topological polar surface area (TPSA) is 108 Å². The number of anilines is 4. The lowest BCUT2D eigenvalue weighted by molar-refractivity contribution is 1.12. The van der Waals surface area contributed by atoms with Gasteiger partial charge < -0.3 is 9.80 Å². The molecule has 2 N–H and O–H groups in total. The van der Waals surface area contributed by atoms with E-state index in [1.54, 1.807) is 0 Å². The van der Waals surface area contributed by atoms with Gasteiger partial charge in [0.15, 0.2) is 0 Å². The number of hydrazine groups is 1. The van der Waals surface area contributed by atoms with E-state index in [1.807, 2.05) is 131 Å². The predicted molar refractivity (Wildman–Crippen MR) is 212 cm³/mol. The number of pyridine rings is 2. The molecule has 0 saturated heterocycles. The Kier molecular flexibility index (Phi) is 8.54. The summed E-state index contributed by atoms with van der Waals surface area (Å²) in [6.07, 6.45) is 0. The minimum absolute atomic E-state index is 0.355. The highest BCUT2D eigenvalue weighted by atomic mass is 15.4. The van der Waals surface area contributed by atoms with E-state index in [2.05, 4.69) is 51.0 Å². The number of hydrogen-bond acceptors (Lipinski definition) is 10. The smallest absolute Gasteiger partial charge is 0.243 e. The first-order chi connectivity index (χ1) is 25.4. The maximum atomic E-state index is 5.11. The van der Waals surface area contributed by atoms with Crippen LogP contribution >= 0.6 is 0 Å². The Morgan fingerprint density at radius 1 is 0.423 bits per heavy atom. The lowest BCUT2D eigenvalue weighted by Crippen LogP contribution is -2.15. The fourth-order valence-electron chi connectivity index (χ4n) is 6.18. The van der Waals surface area contributed by atoms with E-state index in [4.69, 9.17) is 29.9 Å². The molecule has 0 amide bonds. The van der Waals surface area contributed by atoms with Crippen molar-refractivity contribution in [1.29, 1.82) is 0 Å². The Balaban J connectivity index is 1.18. The van der Waals surface area contributed by atoms with Gasteiger partial charge in [-0.1, -0.05) is 91.0 Å². The van der Waals surface area contributed by atoms with Crippen LogP contribution in [0, 0.1) is 0 Å². The highest BCUT2D eigenvalue weighted by Crippen LogP contribution is 2.33. The van der Waals surface area contributed by atoms with E-state index in [-0.39, 0.29) is 0 Å². The maximum absolute atomic E-state index is 5.11. The molecular weight excluding hydrogens is 645 g/mol. The molecular formula is C42H36N10. The Bertz CT molecular complexity index is 2540. The summed E-state index contributed by atoms with van der Waals surface area (Å²) in [4.78, 5) is 34.0. The lowest BCUT2D eigenvalue weighted by atomic mass is 10.1. The first-order valence-corrected chi connectivity index (χ1v) is 17.0. The summed E-state index contributed by atoms with van der Waals surface area (Å²) in [5.74, 6) is 0.711. The highest BCUT2D eigenvalue weighted by molar-refractivity contribution is 5.93. The molecule has 52 heavy (non-hydrogen) atoms. The first kappa shape index (κ1) is 32.3. The van der Waals surface area contributed by atoms with Gasteiger partial charge in [0, 0.05) is 61.8 Å². The summed E-state index contributed by atoms with van der Waals surface area (Å²) in [6.45, 7) is 0. The maximum Gasteiger partial charge on any atom is 0.243 e. The zero-order valence-corrected chi connectivity index (χ0v) is 29.3. The molecule has 0 fully saturated rings. The minimum Gasteiger partial charge on any atom is -0.378 e. The van der Waals surface area contributed by atoms with E-state index >= 15 is 0 Å². The van der Waals surface area contributed by atoms with Crippen LogP contribution in [0.25, 0.3) is 67.1 Å². The molecule has 8 aromatic rings. The van der Waals surface area contributed by atoms with Crippen LogP contribution in [-0.4, -0.2) is 58.1 Å². The van der Waals surface area contributed by atoms with Crippen LogP contribution in [0.1, 0.15) is 0 Å². The second-order valence-corrected chi connectivity index (χ2v) is 12.8. The van der Waals surface area contributed by atoms with E-state index in [0.717, 1.165) is 45.0 Å².